The van der Waals surface area contributed by atoms with Crippen LogP contribution in [0.3, 0.4) is 0 Å². The van der Waals surface area contributed by atoms with Crippen LogP contribution in [0.25, 0.3) is 0 Å². The van der Waals surface area contributed by atoms with Crippen LogP contribution in [0.1, 0.15) is 13.3 Å². The number of nitrogens with zero attached hydrogens (tertiary/aromatic N) is 1. The van der Waals surface area contributed by atoms with Gasteiger partial charge in [0.15, 0.2) is 0 Å². The van der Waals surface area contributed by atoms with E-state index in [1.165, 1.54) is 17.1 Å². The van der Waals surface area contributed by atoms with Gasteiger partial charge in [0.1, 0.15) is 6.26 Å². The van der Waals surface area contributed by atoms with Gasteiger partial charge in [0.25, 0.3) is 5.56 Å². The van der Waals surface area contributed by atoms with E-state index in [4.69, 9.17) is 4.52 Å². The lowest BCUT2D eigenvalue weighted by molar-refractivity contribution is 0.261. The van der Waals surface area contributed by atoms with E-state index in [1.807, 2.05) is 6.92 Å². The first-order chi connectivity index (χ1) is 5.20. The van der Waals surface area contributed by atoms with Gasteiger partial charge in [-0.05, 0) is 13.3 Å². The van der Waals surface area contributed by atoms with E-state index in [0.29, 0.717) is 6.54 Å². The second kappa shape index (κ2) is 3.23. The van der Waals surface area contributed by atoms with Gasteiger partial charge in [-0.1, -0.05) is 5.57 Å². The Hall–Kier alpha value is -1.25. The molecule has 0 aliphatic carbocycles. The number of hydrogen-bond acceptors (Lipinski definition) is 2. The Morgan fingerprint density at radius 2 is 2.55 bits per heavy atom. The Bertz CT molecular complexity index is 295. The van der Waals surface area contributed by atoms with Crippen molar-refractivity contribution in [2.24, 2.45) is 0 Å². The summed E-state index contributed by atoms with van der Waals surface area (Å²) in [5, 5.41) is 0. The molecule has 60 valence electrons. The monoisotopic (exact) mass is 153 g/mol. The van der Waals surface area contributed by atoms with Crippen LogP contribution in [0.15, 0.2) is 33.8 Å². The molecule has 0 unspecified atom stereocenters. The molecular formula is C8H11NO2. The molecule has 11 heavy (non-hydrogen) atoms. The molecule has 0 aromatic carbocycles. The third kappa shape index (κ3) is 2.11. The first kappa shape index (κ1) is 7.85. The standard InChI is InChI=1S/C8H11NO2/c1-7(2)3-5-9-8(10)4-6-11-9/h4,6H,1,3,5H2,2H3. The molecule has 0 spiro atoms. The highest BCUT2D eigenvalue weighted by Gasteiger charge is 1.96. The van der Waals surface area contributed by atoms with E-state index in [9.17, 15) is 4.79 Å². The van der Waals surface area contributed by atoms with E-state index in [1.54, 1.807) is 0 Å². The molecule has 0 atom stereocenters. The maximum atomic E-state index is 10.9. The fourth-order valence-electron chi connectivity index (χ4n) is 0.752. The maximum Gasteiger partial charge on any atom is 0.282 e. The van der Waals surface area contributed by atoms with E-state index >= 15 is 0 Å². The van der Waals surface area contributed by atoms with E-state index < -0.39 is 0 Å². The molecule has 1 heterocycles. The lowest BCUT2D eigenvalue weighted by Crippen LogP contribution is -2.13. The summed E-state index contributed by atoms with van der Waals surface area (Å²) in [6, 6.07) is 1.40. The Labute approximate surface area is 64.9 Å². The number of aromatic nitrogens is 1. The van der Waals surface area contributed by atoms with Crippen molar-refractivity contribution >= 4 is 0 Å². The smallest absolute Gasteiger partial charge is 0.282 e. The van der Waals surface area contributed by atoms with E-state index in [2.05, 4.69) is 6.58 Å². The van der Waals surface area contributed by atoms with Crippen molar-refractivity contribution in [3.63, 3.8) is 0 Å². The van der Waals surface area contributed by atoms with Gasteiger partial charge >= 0.3 is 0 Å². The summed E-state index contributed by atoms with van der Waals surface area (Å²) >= 11 is 0. The minimum absolute atomic E-state index is 0.0914. The fourth-order valence-corrected chi connectivity index (χ4v) is 0.752. The molecule has 0 bridgehead atoms. The zero-order chi connectivity index (χ0) is 8.27. The summed E-state index contributed by atoms with van der Waals surface area (Å²) in [4.78, 5) is 10.9. The number of hydrogen-bond donors (Lipinski definition) is 0. The lowest BCUT2D eigenvalue weighted by Gasteiger charge is -1.97. The Morgan fingerprint density at radius 1 is 1.82 bits per heavy atom. The molecule has 0 radical (unpaired) electrons. The number of rotatable bonds is 3. The summed E-state index contributed by atoms with van der Waals surface area (Å²) in [5.74, 6) is 0. The highest BCUT2D eigenvalue weighted by atomic mass is 16.5. The third-order valence-electron chi connectivity index (χ3n) is 1.39. The molecule has 1 rings (SSSR count). The molecule has 3 nitrogen and oxygen atoms in total. The highest BCUT2D eigenvalue weighted by Crippen LogP contribution is 1.96. The molecule has 0 fully saturated rings. The number of allylic oxidation sites excluding steroid dienone is 1. The molecular weight excluding hydrogens is 142 g/mol. The summed E-state index contributed by atoms with van der Waals surface area (Å²) in [5.41, 5.74) is 0.958. The van der Waals surface area contributed by atoms with Crippen LogP contribution in [0, 0.1) is 0 Å². The van der Waals surface area contributed by atoms with E-state index in [0.717, 1.165) is 12.0 Å². The van der Waals surface area contributed by atoms with Gasteiger partial charge in [0, 0.05) is 6.07 Å². The minimum Gasteiger partial charge on any atom is -0.384 e. The predicted molar refractivity (Wildman–Crippen MR) is 42.4 cm³/mol. The summed E-state index contributed by atoms with van der Waals surface area (Å²) in [6.07, 6.45) is 2.17. The van der Waals surface area contributed by atoms with Gasteiger partial charge in [0.2, 0.25) is 0 Å². The first-order valence-electron chi connectivity index (χ1n) is 3.49. The van der Waals surface area contributed by atoms with Gasteiger partial charge in [-0.3, -0.25) is 4.79 Å². The zero-order valence-electron chi connectivity index (χ0n) is 6.54. The molecule has 3 heteroatoms. The SMILES string of the molecule is C=C(C)CCn1occc1=O. The summed E-state index contributed by atoms with van der Waals surface area (Å²) in [6.45, 7) is 6.24. The van der Waals surface area contributed by atoms with Crippen molar-refractivity contribution in [2.75, 3.05) is 0 Å². The Kier molecular flexibility index (Phi) is 2.31. The molecule has 0 amide bonds. The third-order valence-corrected chi connectivity index (χ3v) is 1.39. The van der Waals surface area contributed by atoms with Crippen LogP contribution >= 0.6 is 0 Å². The Balaban J connectivity index is 2.58. The van der Waals surface area contributed by atoms with Gasteiger partial charge in [-0.15, -0.1) is 6.58 Å². The quantitative estimate of drug-likeness (QED) is 0.615. The average Bonchev–Trinajstić information content (AvgIpc) is 2.31. The van der Waals surface area contributed by atoms with Gasteiger partial charge in [0.05, 0.1) is 6.54 Å². The summed E-state index contributed by atoms with van der Waals surface area (Å²) in [7, 11) is 0. The average molecular weight is 153 g/mol. The maximum absolute atomic E-state index is 10.9. The van der Waals surface area contributed by atoms with Crippen LogP contribution in [0.4, 0.5) is 0 Å². The summed E-state index contributed by atoms with van der Waals surface area (Å²) < 4.78 is 6.19. The zero-order valence-corrected chi connectivity index (χ0v) is 6.54. The predicted octanol–water partition coefficient (Wildman–Crippen LogP) is 1.41. The second-order valence-electron chi connectivity index (χ2n) is 2.56. The van der Waals surface area contributed by atoms with Crippen LogP contribution in [-0.2, 0) is 6.54 Å². The second-order valence-corrected chi connectivity index (χ2v) is 2.56. The van der Waals surface area contributed by atoms with Crippen LogP contribution < -0.4 is 5.56 Å². The number of aryl methyl sites for hydroxylation is 1. The largest absolute Gasteiger partial charge is 0.384 e. The molecule has 0 saturated heterocycles. The van der Waals surface area contributed by atoms with Crippen molar-refractivity contribution in [2.45, 2.75) is 19.9 Å². The minimum atomic E-state index is -0.0914. The molecule has 0 N–H and O–H groups in total. The van der Waals surface area contributed by atoms with Gasteiger partial charge in [-0.25, -0.2) is 0 Å². The normalized spacial score (nSPS) is 9.91. The molecule has 1 aromatic rings. The van der Waals surface area contributed by atoms with Gasteiger partial charge < -0.3 is 4.52 Å². The topological polar surface area (TPSA) is 35.1 Å². The van der Waals surface area contributed by atoms with Gasteiger partial charge in [-0.2, -0.15) is 4.74 Å². The molecule has 0 aliphatic rings. The Morgan fingerprint density at radius 3 is 3.00 bits per heavy atom. The first-order valence-corrected chi connectivity index (χ1v) is 3.49. The fraction of sp³-hybridized carbons (Fsp3) is 0.375. The van der Waals surface area contributed by atoms with Crippen molar-refractivity contribution in [1.82, 2.24) is 4.74 Å². The van der Waals surface area contributed by atoms with Crippen LogP contribution in [0.2, 0.25) is 0 Å². The van der Waals surface area contributed by atoms with Crippen molar-refractivity contribution in [1.29, 1.82) is 0 Å². The molecule has 1 aromatic heterocycles. The van der Waals surface area contributed by atoms with Crippen molar-refractivity contribution in [3.05, 3.63) is 34.8 Å². The van der Waals surface area contributed by atoms with Crippen molar-refractivity contribution in [3.8, 4) is 0 Å². The highest BCUT2D eigenvalue weighted by molar-refractivity contribution is 4.87. The lowest BCUT2D eigenvalue weighted by atomic mass is 10.2. The van der Waals surface area contributed by atoms with Crippen LogP contribution in [0.5, 0.6) is 0 Å². The molecule has 0 aliphatic heterocycles. The van der Waals surface area contributed by atoms with Crippen molar-refractivity contribution < 1.29 is 4.52 Å². The van der Waals surface area contributed by atoms with Crippen LogP contribution in [-0.4, -0.2) is 4.74 Å². The van der Waals surface area contributed by atoms with E-state index in [-0.39, 0.29) is 5.56 Å². The molecule has 0 saturated carbocycles.